The molecule has 5 rings (SSSR count). The van der Waals surface area contributed by atoms with Crippen molar-refractivity contribution in [1.29, 1.82) is 0 Å². The Hall–Kier alpha value is -1.77. The van der Waals surface area contributed by atoms with Gasteiger partial charge in [-0.2, -0.15) is 4.98 Å². The molecule has 1 spiro atoms. The fourth-order valence-corrected chi connectivity index (χ4v) is 6.34. The summed E-state index contributed by atoms with van der Waals surface area (Å²) < 4.78 is 39.0. The number of hydrogen-bond donors (Lipinski definition) is 0. The molecule has 1 saturated carbocycles. The topological polar surface area (TPSA) is 85.5 Å². The van der Waals surface area contributed by atoms with Gasteiger partial charge in [0.05, 0.1) is 11.4 Å². The quantitative estimate of drug-likeness (QED) is 0.698. The monoisotopic (exact) mass is 431 g/mol. The lowest BCUT2D eigenvalue weighted by molar-refractivity contribution is -0.120. The van der Waals surface area contributed by atoms with E-state index in [-0.39, 0.29) is 11.4 Å². The molecule has 1 aliphatic carbocycles. The number of sulfonamides is 1. The summed E-state index contributed by atoms with van der Waals surface area (Å²) in [5.74, 6) is 2.60. The Balaban J connectivity index is 1.18. The highest BCUT2D eigenvalue weighted by Crippen LogP contribution is 2.41. The van der Waals surface area contributed by atoms with E-state index in [0.717, 1.165) is 68.8 Å². The van der Waals surface area contributed by atoms with E-state index < -0.39 is 10.0 Å². The maximum atomic E-state index is 12.9. The Labute approximate surface area is 177 Å². The van der Waals surface area contributed by atoms with E-state index in [1.165, 1.54) is 0 Å². The van der Waals surface area contributed by atoms with Gasteiger partial charge in [-0.3, -0.25) is 0 Å². The normalized spacial score (nSPS) is 24.9. The summed E-state index contributed by atoms with van der Waals surface area (Å²) in [6.45, 7) is 1.76. The second-order valence-corrected chi connectivity index (χ2v) is 11.0. The third kappa shape index (κ3) is 4.45. The number of piperidine rings is 1. The first-order valence-electron chi connectivity index (χ1n) is 11.0. The first-order chi connectivity index (χ1) is 14.5. The molecule has 0 radical (unpaired) electrons. The molecule has 162 valence electrons. The second-order valence-electron chi connectivity index (χ2n) is 9.06. The van der Waals surface area contributed by atoms with Crippen LogP contribution in [0.1, 0.15) is 61.7 Å². The zero-order chi connectivity index (χ0) is 20.6. The molecule has 8 heteroatoms. The highest BCUT2D eigenvalue weighted by molar-refractivity contribution is 7.88. The molecule has 3 aliphatic rings. The van der Waals surface area contributed by atoms with E-state index in [2.05, 4.69) is 10.1 Å². The summed E-state index contributed by atoms with van der Waals surface area (Å²) >= 11 is 0. The van der Waals surface area contributed by atoms with Crippen LogP contribution in [0.2, 0.25) is 0 Å². The summed E-state index contributed by atoms with van der Waals surface area (Å²) in [5, 5.41) is 4.17. The van der Waals surface area contributed by atoms with Crippen molar-refractivity contribution in [3.05, 3.63) is 47.6 Å². The molecule has 2 aliphatic heterocycles. The van der Waals surface area contributed by atoms with Crippen molar-refractivity contribution in [1.82, 2.24) is 14.4 Å². The van der Waals surface area contributed by atoms with Crippen molar-refractivity contribution in [3.63, 3.8) is 0 Å². The van der Waals surface area contributed by atoms with Gasteiger partial charge in [-0.15, -0.1) is 0 Å². The van der Waals surface area contributed by atoms with Gasteiger partial charge >= 0.3 is 0 Å². The highest BCUT2D eigenvalue weighted by Gasteiger charge is 2.42. The first kappa shape index (κ1) is 20.2. The van der Waals surface area contributed by atoms with E-state index in [1.54, 1.807) is 4.31 Å². The van der Waals surface area contributed by atoms with Crippen molar-refractivity contribution in [2.75, 3.05) is 19.7 Å². The average molecular weight is 432 g/mol. The number of rotatable bonds is 6. The summed E-state index contributed by atoms with van der Waals surface area (Å²) in [6, 6.07) is 9.39. The van der Waals surface area contributed by atoms with Crippen molar-refractivity contribution in [3.8, 4) is 0 Å². The Bertz CT molecular complexity index is 963. The van der Waals surface area contributed by atoms with Gasteiger partial charge in [0, 0.05) is 32.0 Å². The predicted octanol–water partition coefficient (Wildman–Crippen LogP) is 3.28. The van der Waals surface area contributed by atoms with E-state index in [9.17, 15) is 8.42 Å². The summed E-state index contributed by atoms with van der Waals surface area (Å²) in [4.78, 5) is 4.58. The Morgan fingerprint density at radius 3 is 2.60 bits per heavy atom. The summed E-state index contributed by atoms with van der Waals surface area (Å²) in [6.07, 6.45) is 6.56. The van der Waals surface area contributed by atoms with Gasteiger partial charge in [-0.25, -0.2) is 12.7 Å². The zero-order valence-electron chi connectivity index (χ0n) is 17.2. The van der Waals surface area contributed by atoms with Gasteiger partial charge in [-0.1, -0.05) is 35.5 Å². The fourth-order valence-electron chi connectivity index (χ4n) is 4.80. The molecule has 7 nitrogen and oxygen atoms in total. The lowest BCUT2D eigenvalue weighted by Crippen LogP contribution is -2.51. The molecular formula is C22H29N3O4S. The third-order valence-corrected chi connectivity index (χ3v) is 8.55. The van der Waals surface area contributed by atoms with E-state index in [1.807, 2.05) is 30.3 Å². The molecule has 1 aromatic heterocycles. The molecule has 2 aromatic rings. The molecule has 1 aromatic carbocycles. The molecule has 3 fully saturated rings. The molecule has 0 N–H and O–H groups in total. The average Bonchev–Trinajstić information content (AvgIpc) is 3.48. The summed E-state index contributed by atoms with van der Waals surface area (Å²) in [7, 11) is -3.31. The Morgan fingerprint density at radius 1 is 1.10 bits per heavy atom. The maximum absolute atomic E-state index is 12.9. The largest absolute Gasteiger partial charge is 0.375 e. The molecule has 0 bridgehead atoms. The molecular weight excluding hydrogens is 402 g/mol. The standard InChI is InChI=1S/C22H29N3O4S/c26-30(27,16-17-4-2-1-3-5-17)25-11-9-22(10-12-25)15-18(8-13-28-22)14-20-23-21(29-24-20)19-6-7-19/h1-5,18-19H,6-16H2. The van der Waals surface area contributed by atoms with Crippen LogP contribution in [0.3, 0.4) is 0 Å². The zero-order valence-corrected chi connectivity index (χ0v) is 18.0. The SMILES string of the molecule is O=S(=O)(Cc1ccccc1)N1CCC2(CC1)CC(Cc1noc(C3CC3)n1)CCO2. The summed E-state index contributed by atoms with van der Waals surface area (Å²) in [5.41, 5.74) is 0.613. The van der Waals surface area contributed by atoms with Gasteiger partial charge < -0.3 is 9.26 Å². The predicted molar refractivity (Wildman–Crippen MR) is 111 cm³/mol. The van der Waals surface area contributed by atoms with Gasteiger partial charge in [0.15, 0.2) is 5.82 Å². The van der Waals surface area contributed by atoms with Gasteiger partial charge in [0.2, 0.25) is 15.9 Å². The number of aromatic nitrogens is 2. The third-order valence-electron chi connectivity index (χ3n) is 6.70. The van der Waals surface area contributed by atoms with Crippen LogP contribution in [0.4, 0.5) is 0 Å². The molecule has 3 heterocycles. The number of nitrogens with zero attached hydrogens (tertiary/aromatic N) is 3. The van der Waals surface area contributed by atoms with Crippen LogP contribution in [-0.2, 0) is 26.9 Å². The van der Waals surface area contributed by atoms with Gasteiger partial charge in [-0.05, 0) is 50.0 Å². The molecule has 0 amide bonds. The molecule has 2 saturated heterocycles. The van der Waals surface area contributed by atoms with Gasteiger partial charge in [0.1, 0.15) is 0 Å². The van der Waals surface area contributed by atoms with Crippen molar-refractivity contribution in [2.24, 2.45) is 5.92 Å². The van der Waals surface area contributed by atoms with Crippen molar-refractivity contribution in [2.45, 2.75) is 62.2 Å². The lowest BCUT2D eigenvalue weighted by atomic mass is 9.78. The van der Waals surface area contributed by atoms with Crippen LogP contribution in [0.5, 0.6) is 0 Å². The first-order valence-corrected chi connectivity index (χ1v) is 12.6. The van der Waals surface area contributed by atoms with Crippen molar-refractivity contribution >= 4 is 10.0 Å². The van der Waals surface area contributed by atoms with Crippen molar-refractivity contribution < 1.29 is 17.7 Å². The fraction of sp³-hybridized carbons (Fsp3) is 0.636. The molecule has 1 unspecified atom stereocenters. The highest BCUT2D eigenvalue weighted by atomic mass is 32.2. The molecule has 30 heavy (non-hydrogen) atoms. The van der Waals surface area contributed by atoms with E-state index in [0.29, 0.717) is 24.9 Å². The Morgan fingerprint density at radius 2 is 1.87 bits per heavy atom. The second kappa shape index (κ2) is 8.05. The number of benzene rings is 1. The lowest BCUT2D eigenvalue weighted by Gasteiger charge is -2.45. The minimum atomic E-state index is -3.31. The Kier molecular flexibility index (Phi) is 5.41. The van der Waals surface area contributed by atoms with E-state index >= 15 is 0 Å². The van der Waals surface area contributed by atoms with Gasteiger partial charge in [0.25, 0.3) is 0 Å². The van der Waals surface area contributed by atoms with Crippen LogP contribution in [0.25, 0.3) is 0 Å². The molecule has 1 atom stereocenters. The van der Waals surface area contributed by atoms with Crippen LogP contribution in [0, 0.1) is 5.92 Å². The minimum Gasteiger partial charge on any atom is -0.375 e. The number of hydrogen-bond acceptors (Lipinski definition) is 6. The van der Waals surface area contributed by atoms with Crippen LogP contribution in [0.15, 0.2) is 34.9 Å². The van der Waals surface area contributed by atoms with Crippen LogP contribution >= 0.6 is 0 Å². The smallest absolute Gasteiger partial charge is 0.229 e. The van der Waals surface area contributed by atoms with Crippen LogP contribution in [-0.4, -0.2) is 48.2 Å². The number of ether oxygens (including phenoxy) is 1. The van der Waals surface area contributed by atoms with E-state index in [4.69, 9.17) is 9.26 Å². The van der Waals surface area contributed by atoms with Crippen LogP contribution < -0.4 is 0 Å². The maximum Gasteiger partial charge on any atom is 0.229 e. The minimum absolute atomic E-state index is 0.0610.